The van der Waals surface area contributed by atoms with Gasteiger partial charge in [0, 0.05) is 28.7 Å². The summed E-state index contributed by atoms with van der Waals surface area (Å²) < 4.78 is 10.5. The predicted molar refractivity (Wildman–Crippen MR) is 119 cm³/mol. The standard InChI is InChI=1S/C22H23BrN2O6/c1-14-12-17(10-11-18(14)23)25-20(27)13-31-21(28)5-3-4-19(26)24-16-8-6-15(7-9-16)22(29)30-2/h6-12H,3-5,13H2,1-2H3,(H,24,26)(H,25,27). The van der Waals surface area contributed by atoms with Crippen LogP contribution in [0.4, 0.5) is 11.4 Å². The highest BCUT2D eigenvalue weighted by Gasteiger charge is 2.11. The van der Waals surface area contributed by atoms with Crippen molar-refractivity contribution in [1.29, 1.82) is 0 Å². The van der Waals surface area contributed by atoms with Crippen LogP contribution in [-0.4, -0.2) is 37.5 Å². The molecule has 0 saturated carbocycles. The first-order chi connectivity index (χ1) is 14.8. The van der Waals surface area contributed by atoms with Crippen LogP contribution in [-0.2, 0) is 23.9 Å². The first-order valence-corrected chi connectivity index (χ1v) is 10.3. The Morgan fingerprint density at radius 1 is 0.903 bits per heavy atom. The topological polar surface area (TPSA) is 111 Å². The minimum Gasteiger partial charge on any atom is -0.465 e. The molecule has 0 aromatic heterocycles. The zero-order chi connectivity index (χ0) is 22.8. The number of methoxy groups -OCH3 is 1. The summed E-state index contributed by atoms with van der Waals surface area (Å²) in [4.78, 5) is 47.0. The molecule has 2 aromatic carbocycles. The number of amides is 2. The second-order valence-corrected chi connectivity index (χ2v) is 7.50. The highest BCUT2D eigenvalue weighted by molar-refractivity contribution is 9.10. The highest BCUT2D eigenvalue weighted by Crippen LogP contribution is 2.20. The van der Waals surface area contributed by atoms with Gasteiger partial charge in [0.2, 0.25) is 5.91 Å². The Kier molecular flexibility index (Phi) is 9.20. The molecule has 0 atom stereocenters. The molecule has 2 amide bonds. The van der Waals surface area contributed by atoms with Crippen molar-refractivity contribution in [2.24, 2.45) is 0 Å². The Morgan fingerprint density at radius 2 is 1.55 bits per heavy atom. The third kappa shape index (κ3) is 8.21. The molecular formula is C22H23BrN2O6. The van der Waals surface area contributed by atoms with Gasteiger partial charge in [-0.05, 0) is 61.4 Å². The van der Waals surface area contributed by atoms with Gasteiger partial charge in [0.15, 0.2) is 6.61 Å². The fourth-order valence-electron chi connectivity index (χ4n) is 2.56. The molecule has 164 valence electrons. The Balaban J connectivity index is 1.65. The Bertz CT molecular complexity index is 959. The Labute approximate surface area is 188 Å². The summed E-state index contributed by atoms with van der Waals surface area (Å²) in [5.74, 6) is -1.74. The van der Waals surface area contributed by atoms with Crippen LogP contribution in [0.3, 0.4) is 0 Å². The molecule has 0 aliphatic rings. The largest absolute Gasteiger partial charge is 0.465 e. The third-order valence-electron chi connectivity index (χ3n) is 4.18. The lowest BCUT2D eigenvalue weighted by molar-refractivity contribution is -0.147. The van der Waals surface area contributed by atoms with Gasteiger partial charge in [-0.3, -0.25) is 14.4 Å². The fourth-order valence-corrected chi connectivity index (χ4v) is 2.81. The number of hydrogen-bond donors (Lipinski definition) is 2. The molecule has 2 aromatic rings. The van der Waals surface area contributed by atoms with Gasteiger partial charge in [0.05, 0.1) is 12.7 Å². The van der Waals surface area contributed by atoms with Crippen molar-refractivity contribution < 1.29 is 28.7 Å². The van der Waals surface area contributed by atoms with Crippen LogP contribution in [0.15, 0.2) is 46.9 Å². The van der Waals surface area contributed by atoms with Crippen molar-refractivity contribution >= 4 is 51.1 Å². The summed E-state index contributed by atoms with van der Waals surface area (Å²) in [6.45, 7) is 1.50. The molecule has 0 radical (unpaired) electrons. The molecule has 0 aliphatic heterocycles. The number of halogens is 1. The van der Waals surface area contributed by atoms with Gasteiger partial charge in [-0.15, -0.1) is 0 Å². The first kappa shape index (κ1) is 24.1. The monoisotopic (exact) mass is 490 g/mol. The zero-order valence-electron chi connectivity index (χ0n) is 17.2. The van der Waals surface area contributed by atoms with Crippen molar-refractivity contribution in [3.63, 3.8) is 0 Å². The number of hydrogen-bond acceptors (Lipinski definition) is 6. The molecule has 0 fully saturated rings. The molecule has 0 bridgehead atoms. The summed E-state index contributed by atoms with van der Waals surface area (Å²) >= 11 is 3.38. The van der Waals surface area contributed by atoms with Gasteiger partial charge in [-0.25, -0.2) is 4.79 Å². The van der Waals surface area contributed by atoms with E-state index in [2.05, 4.69) is 31.3 Å². The van der Waals surface area contributed by atoms with E-state index in [9.17, 15) is 19.2 Å². The quantitative estimate of drug-likeness (QED) is 0.516. The van der Waals surface area contributed by atoms with E-state index in [-0.39, 0.29) is 25.2 Å². The van der Waals surface area contributed by atoms with Crippen LogP contribution in [0.5, 0.6) is 0 Å². The molecule has 0 unspecified atom stereocenters. The van der Waals surface area contributed by atoms with Gasteiger partial charge in [-0.1, -0.05) is 15.9 Å². The number of esters is 2. The second-order valence-electron chi connectivity index (χ2n) is 6.64. The van der Waals surface area contributed by atoms with Crippen LogP contribution in [0.1, 0.15) is 35.2 Å². The van der Waals surface area contributed by atoms with E-state index >= 15 is 0 Å². The van der Waals surface area contributed by atoms with Gasteiger partial charge in [0.25, 0.3) is 5.91 Å². The number of aryl methyl sites for hydroxylation is 1. The summed E-state index contributed by atoms with van der Waals surface area (Å²) in [6.07, 6.45) is 0.399. The lowest BCUT2D eigenvalue weighted by Gasteiger charge is -2.08. The molecule has 0 spiro atoms. The Hall–Kier alpha value is -3.20. The van der Waals surface area contributed by atoms with Gasteiger partial charge < -0.3 is 20.1 Å². The number of nitrogens with one attached hydrogen (secondary N) is 2. The number of ether oxygens (including phenoxy) is 2. The van der Waals surface area contributed by atoms with Crippen LogP contribution in [0.25, 0.3) is 0 Å². The molecule has 9 heteroatoms. The fraction of sp³-hybridized carbons (Fsp3) is 0.273. The van der Waals surface area contributed by atoms with Crippen molar-refractivity contribution in [3.8, 4) is 0 Å². The lowest BCUT2D eigenvalue weighted by Crippen LogP contribution is -2.21. The molecule has 0 heterocycles. The van der Waals surface area contributed by atoms with E-state index in [1.165, 1.54) is 7.11 Å². The summed E-state index contributed by atoms with van der Waals surface area (Å²) in [6, 6.07) is 11.6. The van der Waals surface area contributed by atoms with Crippen LogP contribution in [0.2, 0.25) is 0 Å². The molecule has 2 N–H and O–H groups in total. The van der Waals surface area contributed by atoms with Gasteiger partial charge in [0.1, 0.15) is 0 Å². The number of benzene rings is 2. The van der Waals surface area contributed by atoms with Crippen molar-refractivity contribution in [2.75, 3.05) is 24.4 Å². The predicted octanol–water partition coefficient (Wildman–Crippen LogP) is 3.83. The molecule has 8 nitrogen and oxygen atoms in total. The summed E-state index contributed by atoms with van der Waals surface area (Å²) in [7, 11) is 1.29. The zero-order valence-corrected chi connectivity index (χ0v) is 18.8. The summed E-state index contributed by atoms with van der Waals surface area (Å²) in [5.41, 5.74) is 2.48. The maximum Gasteiger partial charge on any atom is 0.337 e. The second kappa shape index (κ2) is 11.8. The lowest BCUT2D eigenvalue weighted by atomic mass is 10.2. The molecule has 0 saturated heterocycles. The van der Waals surface area contributed by atoms with E-state index in [0.717, 1.165) is 10.0 Å². The minimum atomic E-state index is -0.558. The minimum absolute atomic E-state index is 0.0133. The maximum atomic E-state index is 12.0. The first-order valence-electron chi connectivity index (χ1n) is 9.48. The number of rotatable bonds is 9. The van der Waals surface area contributed by atoms with Crippen molar-refractivity contribution in [3.05, 3.63) is 58.1 Å². The molecule has 31 heavy (non-hydrogen) atoms. The normalized spacial score (nSPS) is 10.2. The SMILES string of the molecule is COC(=O)c1ccc(NC(=O)CCCC(=O)OCC(=O)Nc2ccc(Br)c(C)c2)cc1. The van der Waals surface area contributed by atoms with Crippen LogP contribution < -0.4 is 10.6 Å². The van der Waals surface area contributed by atoms with Crippen molar-refractivity contribution in [2.45, 2.75) is 26.2 Å². The highest BCUT2D eigenvalue weighted by atomic mass is 79.9. The third-order valence-corrected chi connectivity index (χ3v) is 5.07. The number of anilines is 2. The van der Waals surface area contributed by atoms with E-state index < -0.39 is 24.5 Å². The Morgan fingerprint density at radius 3 is 2.19 bits per heavy atom. The van der Waals surface area contributed by atoms with Crippen LogP contribution >= 0.6 is 15.9 Å². The maximum absolute atomic E-state index is 12.0. The summed E-state index contributed by atoms with van der Waals surface area (Å²) in [5, 5.41) is 5.33. The average molecular weight is 491 g/mol. The van der Waals surface area contributed by atoms with Gasteiger partial charge >= 0.3 is 11.9 Å². The van der Waals surface area contributed by atoms with Gasteiger partial charge in [-0.2, -0.15) is 0 Å². The average Bonchev–Trinajstić information content (AvgIpc) is 2.75. The van der Waals surface area contributed by atoms with Crippen molar-refractivity contribution in [1.82, 2.24) is 0 Å². The molecule has 2 rings (SSSR count). The molecule has 0 aliphatic carbocycles. The van der Waals surface area contributed by atoms with E-state index in [1.54, 1.807) is 36.4 Å². The van der Waals surface area contributed by atoms with E-state index in [4.69, 9.17) is 4.74 Å². The molecular weight excluding hydrogens is 468 g/mol. The number of carbonyl (C=O) groups excluding carboxylic acids is 4. The van der Waals surface area contributed by atoms with Crippen LogP contribution in [0, 0.1) is 6.92 Å². The number of carbonyl (C=O) groups is 4. The smallest absolute Gasteiger partial charge is 0.337 e. The van der Waals surface area contributed by atoms with E-state index in [1.807, 2.05) is 13.0 Å². The van der Waals surface area contributed by atoms with E-state index in [0.29, 0.717) is 16.9 Å².